The minimum Gasteiger partial charge on any atom is -0.331 e. The number of rotatable bonds is 4. The van der Waals surface area contributed by atoms with E-state index in [1.54, 1.807) is 0 Å². The van der Waals surface area contributed by atoms with Crippen molar-refractivity contribution < 1.29 is 18.0 Å². The predicted octanol–water partition coefficient (Wildman–Crippen LogP) is 5.53. The van der Waals surface area contributed by atoms with Crippen LogP contribution in [0.3, 0.4) is 0 Å². The zero-order chi connectivity index (χ0) is 18.4. The van der Waals surface area contributed by atoms with Crippen molar-refractivity contribution >= 4 is 40.5 Å². The molecular formula is C17H20ClF3N2OS. The van der Waals surface area contributed by atoms with E-state index >= 15 is 0 Å². The maximum atomic E-state index is 12.8. The standard InChI is InChI=1S/C17H20ClF3N2OS/c18-13-8-7-12(17(19,20)21)10-14(13)22-16(25)23-15(24)9-6-11-4-2-1-3-5-11/h7-8,10-11H,1-6,9H2,(H2,22,23,24,25). The van der Waals surface area contributed by atoms with Crippen molar-refractivity contribution in [3.63, 3.8) is 0 Å². The van der Waals surface area contributed by atoms with Crippen molar-refractivity contribution in [2.75, 3.05) is 5.32 Å². The molecule has 2 rings (SSSR count). The molecule has 0 spiro atoms. The van der Waals surface area contributed by atoms with Gasteiger partial charge in [-0.3, -0.25) is 4.79 Å². The molecule has 138 valence electrons. The Kier molecular flexibility index (Phi) is 7.07. The average Bonchev–Trinajstić information content (AvgIpc) is 2.55. The second kappa shape index (κ2) is 8.85. The van der Waals surface area contributed by atoms with E-state index in [0.717, 1.165) is 37.5 Å². The Morgan fingerprint density at radius 1 is 1.24 bits per heavy atom. The Balaban J connectivity index is 1.86. The molecule has 0 atom stereocenters. The quantitative estimate of drug-likeness (QED) is 0.662. The number of carbonyl (C=O) groups excluding carboxylic acids is 1. The first kappa shape index (κ1) is 20.0. The molecule has 1 aromatic carbocycles. The third-order valence-electron chi connectivity index (χ3n) is 4.30. The normalized spacial score (nSPS) is 15.7. The average molecular weight is 393 g/mol. The van der Waals surface area contributed by atoms with Crippen LogP contribution in [0.2, 0.25) is 5.02 Å². The number of thiocarbonyl (C=S) groups is 1. The topological polar surface area (TPSA) is 41.1 Å². The van der Waals surface area contributed by atoms with Crippen LogP contribution in [0, 0.1) is 5.92 Å². The molecule has 0 radical (unpaired) electrons. The summed E-state index contributed by atoms with van der Waals surface area (Å²) in [5.41, 5.74) is -0.833. The summed E-state index contributed by atoms with van der Waals surface area (Å²) in [5.74, 6) is 0.324. The van der Waals surface area contributed by atoms with Crippen molar-refractivity contribution in [3.8, 4) is 0 Å². The largest absolute Gasteiger partial charge is 0.416 e. The molecule has 1 aliphatic carbocycles. The highest BCUT2D eigenvalue weighted by Gasteiger charge is 2.31. The highest BCUT2D eigenvalue weighted by Crippen LogP contribution is 2.33. The van der Waals surface area contributed by atoms with Crippen LogP contribution in [0.25, 0.3) is 0 Å². The van der Waals surface area contributed by atoms with Gasteiger partial charge in [-0.15, -0.1) is 0 Å². The number of nitrogens with one attached hydrogen (secondary N) is 2. The van der Waals surface area contributed by atoms with Crippen LogP contribution in [0.1, 0.15) is 50.5 Å². The van der Waals surface area contributed by atoms with Gasteiger partial charge in [0.15, 0.2) is 5.11 Å². The summed E-state index contributed by atoms with van der Waals surface area (Å²) in [6.45, 7) is 0. The van der Waals surface area contributed by atoms with Crippen LogP contribution in [-0.4, -0.2) is 11.0 Å². The van der Waals surface area contributed by atoms with Gasteiger partial charge in [0.1, 0.15) is 0 Å². The summed E-state index contributed by atoms with van der Waals surface area (Å²) in [6.07, 6.45) is 2.65. The predicted molar refractivity (Wildman–Crippen MR) is 96.6 cm³/mol. The summed E-state index contributed by atoms with van der Waals surface area (Å²) >= 11 is 10.9. The molecule has 0 saturated heterocycles. The molecule has 1 aliphatic rings. The molecule has 1 fully saturated rings. The van der Waals surface area contributed by atoms with Crippen LogP contribution in [0.5, 0.6) is 0 Å². The molecule has 25 heavy (non-hydrogen) atoms. The fourth-order valence-electron chi connectivity index (χ4n) is 2.95. The first-order chi connectivity index (χ1) is 11.8. The van der Waals surface area contributed by atoms with E-state index in [4.69, 9.17) is 23.8 Å². The lowest BCUT2D eigenvalue weighted by molar-refractivity contribution is -0.137. The molecule has 2 N–H and O–H groups in total. The summed E-state index contributed by atoms with van der Waals surface area (Å²) in [6, 6.07) is 2.89. The molecule has 0 aromatic heterocycles. The molecular weight excluding hydrogens is 373 g/mol. The van der Waals surface area contributed by atoms with Crippen LogP contribution < -0.4 is 10.6 Å². The highest BCUT2D eigenvalue weighted by molar-refractivity contribution is 7.80. The number of hydrogen-bond donors (Lipinski definition) is 2. The third kappa shape index (κ3) is 6.47. The molecule has 0 unspecified atom stereocenters. The van der Waals surface area contributed by atoms with Crippen molar-refractivity contribution in [3.05, 3.63) is 28.8 Å². The molecule has 3 nitrogen and oxygen atoms in total. The lowest BCUT2D eigenvalue weighted by Gasteiger charge is -2.21. The van der Waals surface area contributed by atoms with Crippen LogP contribution in [0.4, 0.5) is 18.9 Å². The van der Waals surface area contributed by atoms with E-state index in [0.29, 0.717) is 12.3 Å². The zero-order valence-electron chi connectivity index (χ0n) is 13.6. The summed E-state index contributed by atoms with van der Waals surface area (Å²) < 4.78 is 38.3. The SMILES string of the molecule is O=C(CCC1CCCCC1)NC(=S)Nc1cc(C(F)(F)F)ccc1Cl. The van der Waals surface area contributed by atoms with E-state index in [2.05, 4.69) is 10.6 Å². The van der Waals surface area contributed by atoms with E-state index in [-0.39, 0.29) is 21.7 Å². The van der Waals surface area contributed by atoms with Crippen molar-refractivity contribution in [2.24, 2.45) is 5.92 Å². The molecule has 1 amide bonds. The molecule has 1 saturated carbocycles. The highest BCUT2D eigenvalue weighted by atomic mass is 35.5. The van der Waals surface area contributed by atoms with Gasteiger partial charge in [0.2, 0.25) is 5.91 Å². The molecule has 0 aliphatic heterocycles. The maximum absolute atomic E-state index is 12.8. The van der Waals surface area contributed by atoms with E-state index < -0.39 is 11.7 Å². The smallest absolute Gasteiger partial charge is 0.331 e. The van der Waals surface area contributed by atoms with Gasteiger partial charge in [-0.1, -0.05) is 43.7 Å². The number of carbonyl (C=O) groups is 1. The first-order valence-electron chi connectivity index (χ1n) is 8.23. The number of halogens is 4. The lowest BCUT2D eigenvalue weighted by atomic mass is 9.86. The zero-order valence-corrected chi connectivity index (χ0v) is 15.2. The molecule has 8 heteroatoms. The molecule has 0 heterocycles. The Labute approximate surface area is 155 Å². The van der Waals surface area contributed by atoms with Crippen LogP contribution >= 0.6 is 23.8 Å². The third-order valence-corrected chi connectivity index (χ3v) is 4.83. The van der Waals surface area contributed by atoms with Gasteiger partial charge < -0.3 is 10.6 Å². The first-order valence-corrected chi connectivity index (χ1v) is 9.02. The maximum Gasteiger partial charge on any atom is 0.416 e. The van der Waals surface area contributed by atoms with Crippen LogP contribution in [-0.2, 0) is 11.0 Å². The van der Waals surface area contributed by atoms with Crippen molar-refractivity contribution in [2.45, 2.75) is 51.1 Å². The Morgan fingerprint density at radius 2 is 1.92 bits per heavy atom. The number of benzene rings is 1. The number of hydrogen-bond acceptors (Lipinski definition) is 2. The summed E-state index contributed by atoms with van der Waals surface area (Å²) in [7, 11) is 0. The van der Waals surface area contributed by atoms with Crippen molar-refractivity contribution in [1.82, 2.24) is 5.32 Å². The summed E-state index contributed by atoms with van der Waals surface area (Å²) in [4.78, 5) is 11.9. The minimum absolute atomic E-state index is 0.00840. The summed E-state index contributed by atoms with van der Waals surface area (Å²) in [5, 5.41) is 5.08. The fraction of sp³-hybridized carbons (Fsp3) is 0.529. The van der Waals surface area contributed by atoms with Crippen LogP contribution in [0.15, 0.2) is 18.2 Å². The second-order valence-electron chi connectivity index (χ2n) is 6.24. The minimum atomic E-state index is -4.48. The molecule has 0 bridgehead atoms. The molecule has 1 aromatic rings. The Morgan fingerprint density at radius 3 is 2.56 bits per heavy atom. The Bertz CT molecular complexity index is 631. The van der Waals surface area contributed by atoms with E-state index in [1.807, 2.05) is 0 Å². The van der Waals surface area contributed by atoms with Gasteiger partial charge >= 0.3 is 6.18 Å². The Hall–Kier alpha value is -1.34. The lowest BCUT2D eigenvalue weighted by Crippen LogP contribution is -2.34. The van der Waals surface area contributed by atoms with E-state index in [1.165, 1.54) is 19.3 Å². The van der Waals surface area contributed by atoms with Gasteiger partial charge in [0.25, 0.3) is 0 Å². The van der Waals surface area contributed by atoms with Crippen molar-refractivity contribution in [1.29, 1.82) is 0 Å². The number of anilines is 1. The number of amides is 1. The number of alkyl halides is 3. The van der Waals surface area contributed by atoms with Gasteiger partial charge in [-0.05, 0) is 42.8 Å². The monoisotopic (exact) mass is 392 g/mol. The van der Waals surface area contributed by atoms with Gasteiger partial charge in [0.05, 0.1) is 16.3 Å². The van der Waals surface area contributed by atoms with E-state index in [9.17, 15) is 18.0 Å². The second-order valence-corrected chi connectivity index (χ2v) is 7.05. The fourth-order valence-corrected chi connectivity index (χ4v) is 3.34. The van der Waals surface area contributed by atoms with Gasteiger partial charge in [-0.25, -0.2) is 0 Å². The van der Waals surface area contributed by atoms with Gasteiger partial charge in [-0.2, -0.15) is 13.2 Å². The van der Waals surface area contributed by atoms with Gasteiger partial charge in [0, 0.05) is 6.42 Å².